The van der Waals surface area contributed by atoms with Gasteiger partial charge in [0.05, 0.1) is 12.6 Å². The van der Waals surface area contributed by atoms with E-state index in [0.717, 1.165) is 12.8 Å². The quantitative estimate of drug-likeness (QED) is 0.607. The zero-order valence-corrected chi connectivity index (χ0v) is 7.42. The first-order chi connectivity index (χ1) is 5.74. The lowest BCUT2D eigenvalue weighted by atomic mass is 10.2. The zero-order valence-electron chi connectivity index (χ0n) is 7.42. The number of carbonyl (C=O) groups is 1. The van der Waals surface area contributed by atoms with Gasteiger partial charge in [0.2, 0.25) is 0 Å². The summed E-state index contributed by atoms with van der Waals surface area (Å²) in [5.41, 5.74) is 0. The van der Waals surface area contributed by atoms with Gasteiger partial charge in [-0.3, -0.25) is 9.69 Å². The molecule has 0 aliphatic heterocycles. The van der Waals surface area contributed by atoms with Crippen molar-refractivity contribution in [2.45, 2.75) is 19.3 Å². The van der Waals surface area contributed by atoms with E-state index in [9.17, 15) is 4.79 Å². The summed E-state index contributed by atoms with van der Waals surface area (Å²) < 4.78 is 0. The van der Waals surface area contributed by atoms with Crippen LogP contribution in [0.4, 0.5) is 0 Å². The first-order valence-electron chi connectivity index (χ1n) is 4.32. The van der Waals surface area contributed by atoms with E-state index >= 15 is 0 Å². The number of likely N-dealkylation sites (N-methyl/N-ethyl adjacent to an activating group) is 1. The second-order valence-electron chi connectivity index (χ2n) is 3.39. The molecule has 1 fully saturated rings. The van der Waals surface area contributed by atoms with Crippen LogP contribution < -0.4 is 0 Å². The lowest BCUT2D eigenvalue weighted by Gasteiger charge is -2.12. The normalized spacial score (nSPS) is 16.1. The smallest absolute Gasteiger partial charge is 0.149 e. The van der Waals surface area contributed by atoms with Crippen molar-refractivity contribution in [1.29, 1.82) is 5.26 Å². The monoisotopic (exact) mass is 166 g/mol. The molecule has 0 atom stereocenters. The third-order valence-electron chi connectivity index (χ3n) is 2.06. The van der Waals surface area contributed by atoms with E-state index in [0.29, 0.717) is 31.2 Å². The minimum atomic E-state index is 0.342. The second-order valence-corrected chi connectivity index (χ2v) is 3.39. The summed E-state index contributed by atoms with van der Waals surface area (Å²) in [6, 6.07) is 2.06. The van der Waals surface area contributed by atoms with E-state index in [1.807, 2.05) is 11.9 Å². The molecule has 1 aliphatic rings. The first kappa shape index (κ1) is 9.21. The number of carbonyl (C=O) groups excluding carboxylic acids is 1. The number of nitriles is 1. The molecule has 0 aromatic rings. The Kier molecular flexibility index (Phi) is 3.24. The van der Waals surface area contributed by atoms with Crippen molar-refractivity contribution in [3.63, 3.8) is 0 Å². The molecule has 0 heterocycles. The molecule has 0 aromatic carbocycles. The van der Waals surface area contributed by atoms with Gasteiger partial charge in [0.25, 0.3) is 0 Å². The summed E-state index contributed by atoms with van der Waals surface area (Å²) in [7, 11) is 1.89. The maximum atomic E-state index is 11.3. The Balaban J connectivity index is 2.12. The summed E-state index contributed by atoms with van der Waals surface area (Å²) in [6.07, 6.45) is 2.66. The summed E-state index contributed by atoms with van der Waals surface area (Å²) in [6.45, 7) is 1.22. The van der Waals surface area contributed by atoms with Crippen LogP contribution >= 0.6 is 0 Å². The lowest BCUT2D eigenvalue weighted by molar-refractivity contribution is -0.121. The maximum Gasteiger partial charge on any atom is 0.149 e. The van der Waals surface area contributed by atoms with Gasteiger partial charge in [-0.25, -0.2) is 0 Å². The fourth-order valence-electron chi connectivity index (χ4n) is 1.12. The molecule has 1 aliphatic carbocycles. The van der Waals surface area contributed by atoms with Gasteiger partial charge in [0.15, 0.2) is 0 Å². The number of nitrogens with zero attached hydrogens (tertiary/aromatic N) is 2. The third kappa shape index (κ3) is 3.02. The number of Topliss-reactive ketones (excluding diaryl/α,β-unsaturated/α-hetero) is 1. The average Bonchev–Trinajstić information content (AvgIpc) is 2.82. The van der Waals surface area contributed by atoms with Crippen molar-refractivity contribution >= 4 is 5.78 Å². The Hall–Kier alpha value is -0.880. The van der Waals surface area contributed by atoms with Crippen molar-refractivity contribution in [2.75, 3.05) is 20.1 Å². The topological polar surface area (TPSA) is 44.1 Å². The van der Waals surface area contributed by atoms with Crippen LogP contribution in [0.3, 0.4) is 0 Å². The SMILES string of the molecule is CN(CCC#N)CC(=O)C1CC1. The Bertz CT molecular complexity index is 203. The fraction of sp³-hybridized carbons (Fsp3) is 0.778. The van der Waals surface area contributed by atoms with Crippen molar-refractivity contribution in [1.82, 2.24) is 4.90 Å². The molecular formula is C9H14N2O. The summed E-state index contributed by atoms with van der Waals surface area (Å²) in [5, 5.41) is 8.31. The highest BCUT2D eigenvalue weighted by molar-refractivity contribution is 5.84. The van der Waals surface area contributed by atoms with E-state index in [4.69, 9.17) is 5.26 Å². The molecule has 1 rings (SSSR count). The lowest BCUT2D eigenvalue weighted by Crippen LogP contribution is -2.27. The van der Waals surface area contributed by atoms with E-state index < -0.39 is 0 Å². The average molecular weight is 166 g/mol. The second kappa shape index (κ2) is 4.22. The summed E-state index contributed by atoms with van der Waals surface area (Å²) in [5.74, 6) is 0.685. The predicted molar refractivity (Wildman–Crippen MR) is 45.5 cm³/mol. The van der Waals surface area contributed by atoms with Crippen LogP contribution in [0.5, 0.6) is 0 Å². The summed E-state index contributed by atoms with van der Waals surface area (Å²) >= 11 is 0. The largest absolute Gasteiger partial charge is 0.298 e. The molecule has 0 aromatic heterocycles. The number of rotatable bonds is 5. The Morgan fingerprint density at radius 2 is 2.33 bits per heavy atom. The Labute approximate surface area is 73.0 Å². The molecule has 0 spiro atoms. The van der Waals surface area contributed by atoms with Crippen LogP contribution in [0.25, 0.3) is 0 Å². The maximum absolute atomic E-state index is 11.3. The van der Waals surface area contributed by atoms with Crippen LogP contribution in [0, 0.1) is 17.2 Å². The van der Waals surface area contributed by atoms with Crippen LogP contribution in [-0.2, 0) is 4.79 Å². The molecule has 0 radical (unpaired) electrons. The summed E-state index contributed by atoms with van der Waals surface area (Å²) in [4.78, 5) is 13.2. The minimum absolute atomic E-state index is 0.342. The van der Waals surface area contributed by atoms with E-state index in [-0.39, 0.29) is 0 Å². The van der Waals surface area contributed by atoms with Crippen LogP contribution in [0.2, 0.25) is 0 Å². The van der Waals surface area contributed by atoms with Crippen molar-refractivity contribution in [3.05, 3.63) is 0 Å². The van der Waals surface area contributed by atoms with Crippen molar-refractivity contribution in [3.8, 4) is 6.07 Å². The van der Waals surface area contributed by atoms with Gasteiger partial charge in [-0.1, -0.05) is 0 Å². The molecule has 0 unspecified atom stereocenters. The van der Waals surface area contributed by atoms with Crippen LogP contribution in [-0.4, -0.2) is 30.8 Å². The van der Waals surface area contributed by atoms with E-state index in [1.54, 1.807) is 0 Å². The van der Waals surface area contributed by atoms with Gasteiger partial charge in [-0.15, -0.1) is 0 Å². The molecule has 0 amide bonds. The first-order valence-corrected chi connectivity index (χ1v) is 4.32. The molecule has 0 bridgehead atoms. The van der Waals surface area contributed by atoms with Gasteiger partial charge in [-0.2, -0.15) is 5.26 Å². The van der Waals surface area contributed by atoms with Gasteiger partial charge in [0, 0.05) is 18.9 Å². The highest BCUT2D eigenvalue weighted by Gasteiger charge is 2.29. The fourth-order valence-corrected chi connectivity index (χ4v) is 1.12. The zero-order chi connectivity index (χ0) is 8.97. The molecule has 3 nitrogen and oxygen atoms in total. The van der Waals surface area contributed by atoms with Crippen LogP contribution in [0.15, 0.2) is 0 Å². The molecule has 12 heavy (non-hydrogen) atoms. The highest BCUT2D eigenvalue weighted by Crippen LogP contribution is 2.29. The molecular weight excluding hydrogens is 152 g/mol. The Morgan fingerprint density at radius 1 is 1.67 bits per heavy atom. The van der Waals surface area contributed by atoms with Crippen LogP contribution in [0.1, 0.15) is 19.3 Å². The van der Waals surface area contributed by atoms with Crippen molar-refractivity contribution < 1.29 is 4.79 Å². The predicted octanol–water partition coefficient (Wildman–Crippen LogP) is 0.811. The minimum Gasteiger partial charge on any atom is -0.298 e. The standard InChI is InChI=1S/C9H14N2O/c1-11(6-2-5-10)7-9(12)8-3-4-8/h8H,2-4,6-7H2,1H3. The number of hydrogen-bond acceptors (Lipinski definition) is 3. The van der Waals surface area contributed by atoms with E-state index in [1.165, 1.54) is 0 Å². The van der Waals surface area contributed by atoms with Gasteiger partial charge >= 0.3 is 0 Å². The third-order valence-corrected chi connectivity index (χ3v) is 2.06. The molecule has 1 saturated carbocycles. The molecule has 66 valence electrons. The highest BCUT2D eigenvalue weighted by atomic mass is 16.1. The Morgan fingerprint density at radius 3 is 2.83 bits per heavy atom. The van der Waals surface area contributed by atoms with Gasteiger partial charge in [0.1, 0.15) is 5.78 Å². The van der Waals surface area contributed by atoms with E-state index in [2.05, 4.69) is 6.07 Å². The van der Waals surface area contributed by atoms with Gasteiger partial charge in [-0.05, 0) is 19.9 Å². The molecule has 0 N–H and O–H groups in total. The molecule has 3 heteroatoms. The van der Waals surface area contributed by atoms with Crippen molar-refractivity contribution in [2.24, 2.45) is 5.92 Å². The number of ketones is 1. The van der Waals surface area contributed by atoms with Gasteiger partial charge < -0.3 is 0 Å². The number of hydrogen-bond donors (Lipinski definition) is 0. The molecule has 0 saturated heterocycles.